The van der Waals surface area contributed by atoms with Crippen molar-refractivity contribution >= 4 is 24.8 Å². The fraction of sp³-hybridized carbons (Fsp3) is 0.455. The Labute approximate surface area is 181 Å². The van der Waals surface area contributed by atoms with Crippen LogP contribution in [0.1, 0.15) is 23.1 Å². The molecule has 0 bridgehead atoms. The monoisotopic (exact) mass is 426 g/mol. The Morgan fingerprint density at radius 2 is 1.75 bits per heavy atom. The number of aryl methyl sites for hydroxylation is 1. The number of nitrogens with zero attached hydrogens (tertiary/aromatic N) is 1. The van der Waals surface area contributed by atoms with Crippen molar-refractivity contribution in [2.75, 3.05) is 39.4 Å². The molecule has 0 aromatic heterocycles. The third-order valence-corrected chi connectivity index (χ3v) is 4.69. The van der Waals surface area contributed by atoms with Crippen molar-refractivity contribution in [2.24, 2.45) is 0 Å². The van der Waals surface area contributed by atoms with Crippen LogP contribution in [-0.2, 0) is 17.9 Å². The van der Waals surface area contributed by atoms with Gasteiger partial charge >= 0.3 is 0 Å². The van der Waals surface area contributed by atoms with E-state index in [0.29, 0.717) is 6.61 Å². The Morgan fingerprint density at radius 3 is 2.50 bits per heavy atom. The van der Waals surface area contributed by atoms with Crippen LogP contribution in [0.2, 0.25) is 0 Å². The molecule has 4 nitrogen and oxygen atoms in total. The molecule has 1 fully saturated rings. The molecule has 156 valence electrons. The Kier molecular flexibility index (Phi) is 12.2. The molecule has 0 spiro atoms. The average molecular weight is 427 g/mol. The van der Waals surface area contributed by atoms with Gasteiger partial charge in [0.05, 0.1) is 13.2 Å². The fourth-order valence-corrected chi connectivity index (χ4v) is 3.08. The van der Waals surface area contributed by atoms with Gasteiger partial charge in [0.25, 0.3) is 0 Å². The zero-order valence-corrected chi connectivity index (χ0v) is 18.2. The summed E-state index contributed by atoms with van der Waals surface area (Å²) in [5.74, 6) is 0.929. The van der Waals surface area contributed by atoms with E-state index in [4.69, 9.17) is 9.47 Å². The first-order chi connectivity index (χ1) is 12.8. The van der Waals surface area contributed by atoms with Gasteiger partial charge in [-0.3, -0.25) is 4.90 Å². The van der Waals surface area contributed by atoms with Crippen LogP contribution in [0, 0.1) is 6.92 Å². The van der Waals surface area contributed by atoms with Crippen LogP contribution < -0.4 is 10.1 Å². The maximum absolute atomic E-state index is 5.93. The highest BCUT2D eigenvalue weighted by Gasteiger charge is 2.08. The Morgan fingerprint density at radius 1 is 1.00 bits per heavy atom. The summed E-state index contributed by atoms with van der Waals surface area (Å²) in [7, 11) is 0. The van der Waals surface area contributed by atoms with E-state index < -0.39 is 0 Å². The van der Waals surface area contributed by atoms with Gasteiger partial charge in [0.1, 0.15) is 12.4 Å². The first-order valence-electron chi connectivity index (χ1n) is 9.58. The number of hydrogen-bond acceptors (Lipinski definition) is 4. The van der Waals surface area contributed by atoms with Crippen molar-refractivity contribution < 1.29 is 9.47 Å². The molecule has 28 heavy (non-hydrogen) atoms. The second-order valence-corrected chi connectivity index (χ2v) is 6.91. The van der Waals surface area contributed by atoms with Gasteiger partial charge in [0, 0.05) is 19.6 Å². The lowest BCUT2D eigenvalue weighted by molar-refractivity contribution is 0.0374. The first kappa shape index (κ1) is 24.7. The summed E-state index contributed by atoms with van der Waals surface area (Å²) in [6.07, 6.45) is 1.17. The molecule has 1 heterocycles. The zero-order chi connectivity index (χ0) is 18.0. The summed E-state index contributed by atoms with van der Waals surface area (Å²) < 4.78 is 11.3. The lowest BCUT2D eigenvalue weighted by Gasteiger charge is -2.26. The maximum atomic E-state index is 5.93. The zero-order valence-electron chi connectivity index (χ0n) is 16.6. The molecule has 6 heteroatoms. The lowest BCUT2D eigenvalue weighted by Crippen LogP contribution is -2.37. The Bertz CT molecular complexity index is 662. The highest BCUT2D eigenvalue weighted by atomic mass is 35.5. The number of nitrogens with one attached hydrogen (secondary N) is 1. The van der Waals surface area contributed by atoms with E-state index in [-0.39, 0.29) is 24.8 Å². The Balaban J connectivity index is 0.00000196. The quantitative estimate of drug-likeness (QED) is 0.608. The lowest BCUT2D eigenvalue weighted by atomic mass is 10.2. The standard InChI is InChI=1S/C22H30N2O2.2ClH/c1-19-6-8-20(9-7-19)18-26-22-5-2-4-21(16-22)17-23-10-3-11-24-12-14-25-15-13-24;;/h2,4-9,16,23H,3,10-15,17-18H2,1H3;2*1H. The van der Waals surface area contributed by atoms with E-state index in [9.17, 15) is 0 Å². The van der Waals surface area contributed by atoms with E-state index in [2.05, 4.69) is 59.6 Å². The van der Waals surface area contributed by atoms with Gasteiger partial charge in [-0.05, 0) is 49.7 Å². The number of halogens is 2. The molecule has 2 aromatic rings. The highest BCUT2D eigenvalue weighted by Crippen LogP contribution is 2.15. The number of hydrogen-bond donors (Lipinski definition) is 1. The minimum atomic E-state index is 0. The molecule has 0 atom stereocenters. The second-order valence-electron chi connectivity index (χ2n) is 6.91. The summed E-state index contributed by atoms with van der Waals surface area (Å²) >= 11 is 0. The van der Waals surface area contributed by atoms with Gasteiger partial charge in [-0.25, -0.2) is 0 Å². The molecule has 0 radical (unpaired) electrons. The predicted octanol–water partition coefficient (Wildman–Crippen LogP) is 4.23. The molecule has 3 rings (SSSR count). The van der Waals surface area contributed by atoms with Gasteiger partial charge in [0.2, 0.25) is 0 Å². The summed E-state index contributed by atoms with van der Waals surface area (Å²) in [5, 5.41) is 3.54. The summed E-state index contributed by atoms with van der Waals surface area (Å²) in [6, 6.07) is 16.8. The van der Waals surface area contributed by atoms with Gasteiger partial charge in [-0.2, -0.15) is 0 Å². The minimum absolute atomic E-state index is 0. The van der Waals surface area contributed by atoms with E-state index in [0.717, 1.165) is 51.7 Å². The Hall–Kier alpha value is -1.30. The van der Waals surface area contributed by atoms with Crippen LogP contribution in [0.5, 0.6) is 5.75 Å². The number of morpholine rings is 1. The van der Waals surface area contributed by atoms with Crippen molar-refractivity contribution in [3.8, 4) is 5.75 Å². The number of ether oxygens (including phenoxy) is 2. The first-order valence-corrected chi connectivity index (χ1v) is 9.58. The third kappa shape index (κ3) is 8.80. The molecule has 1 saturated heterocycles. The smallest absolute Gasteiger partial charge is 0.120 e. The molecule has 0 saturated carbocycles. The number of rotatable bonds is 9. The van der Waals surface area contributed by atoms with Crippen molar-refractivity contribution in [1.29, 1.82) is 0 Å². The summed E-state index contributed by atoms with van der Waals surface area (Å²) in [4.78, 5) is 2.48. The van der Waals surface area contributed by atoms with Crippen molar-refractivity contribution in [3.63, 3.8) is 0 Å². The van der Waals surface area contributed by atoms with Gasteiger partial charge in [-0.1, -0.05) is 42.0 Å². The third-order valence-electron chi connectivity index (χ3n) is 4.69. The second kappa shape index (κ2) is 13.8. The van der Waals surface area contributed by atoms with E-state index in [1.807, 2.05) is 6.07 Å². The molecule has 0 amide bonds. The van der Waals surface area contributed by atoms with E-state index in [1.165, 1.54) is 23.1 Å². The van der Waals surface area contributed by atoms with E-state index >= 15 is 0 Å². The fourth-order valence-electron chi connectivity index (χ4n) is 3.08. The summed E-state index contributed by atoms with van der Waals surface area (Å²) in [5.41, 5.74) is 3.73. The van der Waals surface area contributed by atoms with Gasteiger partial charge < -0.3 is 14.8 Å². The van der Waals surface area contributed by atoms with Crippen LogP contribution in [0.4, 0.5) is 0 Å². The molecule has 0 unspecified atom stereocenters. The van der Waals surface area contributed by atoms with Crippen molar-refractivity contribution in [3.05, 3.63) is 65.2 Å². The molecule has 1 N–H and O–H groups in total. The highest BCUT2D eigenvalue weighted by molar-refractivity contribution is 5.85. The maximum Gasteiger partial charge on any atom is 0.120 e. The van der Waals surface area contributed by atoms with Gasteiger partial charge in [-0.15, -0.1) is 24.8 Å². The largest absolute Gasteiger partial charge is 0.489 e. The normalized spacial score (nSPS) is 14.0. The molecular weight excluding hydrogens is 395 g/mol. The number of benzene rings is 2. The SMILES string of the molecule is Cc1ccc(COc2cccc(CNCCCN3CCOCC3)c2)cc1.Cl.Cl. The topological polar surface area (TPSA) is 33.7 Å². The molecule has 2 aromatic carbocycles. The predicted molar refractivity (Wildman–Crippen MR) is 120 cm³/mol. The van der Waals surface area contributed by atoms with Gasteiger partial charge in [0.15, 0.2) is 0 Å². The van der Waals surface area contributed by atoms with Crippen LogP contribution in [0.3, 0.4) is 0 Å². The minimum Gasteiger partial charge on any atom is -0.489 e. The summed E-state index contributed by atoms with van der Waals surface area (Å²) in [6.45, 7) is 9.66. The molecular formula is C22H32Cl2N2O2. The van der Waals surface area contributed by atoms with Crippen molar-refractivity contribution in [1.82, 2.24) is 10.2 Å². The molecule has 1 aliphatic rings. The molecule has 0 aliphatic carbocycles. The van der Waals surface area contributed by atoms with Crippen LogP contribution in [0.15, 0.2) is 48.5 Å². The van der Waals surface area contributed by atoms with Crippen LogP contribution in [-0.4, -0.2) is 44.3 Å². The van der Waals surface area contributed by atoms with Crippen LogP contribution >= 0.6 is 24.8 Å². The molecule has 1 aliphatic heterocycles. The van der Waals surface area contributed by atoms with Crippen LogP contribution in [0.25, 0.3) is 0 Å². The van der Waals surface area contributed by atoms with E-state index in [1.54, 1.807) is 0 Å². The van der Waals surface area contributed by atoms with Crippen molar-refractivity contribution in [2.45, 2.75) is 26.5 Å². The average Bonchev–Trinajstić information content (AvgIpc) is 2.68.